The fraction of sp³-hybridized carbons (Fsp3) is 0.600. The molecule has 0 amide bonds. The molecule has 3 rings (SSSR count). The molecule has 0 bridgehead atoms. The van der Waals surface area contributed by atoms with Gasteiger partial charge >= 0.3 is 0 Å². The smallest absolute Gasteiger partial charge is 0.0648 e. The topological polar surface area (TPSA) is 12.0 Å². The Morgan fingerprint density at radius 3 is 2.56 bits per heavy atom. The SMILES string of the molecule is Clc1cc(I)ccc1NC1CCC12CCCCC2. The molecule has 2 aliphatic carbocycles. The third-order valence-electron chi connectivity index (χ3n) is 4.78. The number of halogens is 2. The van der Waals surface area contributed by atoms with E-state index in [1.165, 1.54) is 48.5 Å². The maximum atomic E-state index is 6.31. The Balaban J connectivity index is 1.72. The minimum atomic E-state index is 0.588. The fourth-order valence-electron chi connectivity index (χ4n) is 3.57. The molecule has 3 heteroatoms. The van der Waals surface area contributed by atoms with Gasteiger partial charge in [0.2, 0.25) is 0 Å². The average molecular weight is 376 g/mol. The first kappa shape index (κ1) is 13.0. The van der Waals surface area contributed by atoms with Crippen molar-refractivity contribution in [2.45, 2.75) is 51.0 Å². The van der Waals surface area contributed by atoms with E-state index < -0.39 is 0 Å². The molecule has 0 aromatic heterocycles. The van der Waals surface area contributed by atoms with E-state index in [9.17, 15) is 0 Å². The highest BCUT2D eigenvalue weighted by molar-refractivity contribution is 14.1. The van der Waals surface area contributed by atoms with E-state index in [0.29, 0.717) is 11.5 Å². The molecule has 1 aromatic carbocycles. The monoisotopic (exact) mass is 375 g/mol. The van der Waals surface area contributed by atoms with E-state index in [2.05, 4.69) is 40.0 Å². The van der Waals surface area contributed by atoms with Gasteiger partial charge in [-0.25, -0.2) is 0 Å². The van der Waals surface area contributed by atoms with Gasteiger partial charge in [0.15, 0.2) is 0 Å². The zero-order valence-electron chi connectivity index (χ0n) is 10.5. The van der Waals surface area contributed by atoms with Gasteiger partial charge in [-0.2, -0.15) is 0 Å². The normalized spacial score (nSPS) is 25.8. The summed E-state index contributed by atoms with van der Waals surface area (Å²) < 4.78 is 1.20. The van der Waals surface area contributed by atoms with E-state index in [1.54, 1.807) is 0 Å². The predicted octanol–water partition coefficient (Wildman–Crippen LogP) is 5.47. The number of hydrogen-bond donors (Lipinski definition) is 1. The van der Waals surface area contributed by atoms with Crippen molar-refractivity contribution in [2.24, 2.45) is 5.41 Å². The van der Waals surface area contributed by atoms with Crippen LogP contribution in [0.2, 0.25) is 5.02 Å². The van der Waals surface area contributed by atoms with Crippen molar-refractivity contribution in [1.82, 2.24) is 0 Å². The summed E-state index contributed by atoms with van der Waals surface area (Å²) in [4.78, 5) is 0. The van der Waals surface area contributed by atoms with Crippen LogP contribution >= 0.6 is 34.2 Å². The summed E-state index contributed by atoms with van der Waals surface area (Å²) in [6, 6.07) is 6.94. The highest BCUT2D eigenvalue weighted by Gasteiger charge is 2.46. The zero-order chi connectivity index (χ0) is 12.6. The molecule has 18 heavy (non-hydrogen) atoms. The third kappa shape index (κ3) is 2.38. The molecule has 2 aliphatic rings. The average Bonchev–Trinajstić information content (AvgIpc) is 2.37. The standard InChI is InChI=1S/C15H19ClIN/c16-12-10-11(17)4-5-13(12)18-14-6-9-15(14)7-2-1-3-8-15/h4-5,10,14,18H,1-3,6-9H2. The lowest BCUT2D eigenvalue weighted by Crippen LogP contribution is -2.50. The lowest BCUT2D eigenvalue weighted by Gasteiger charge is -2.52. The summed E-state index contributed by atoms with van der Waals surface area (Å²) >= 11 is 8.62. The number of nitrogens with one attached hydrogen (secondary N) is 1. The third-order valence-corrected chi connectivity index (χ3v) is 5.76. The highest BCUT2D eigenvalue weighted by Crippen LogP contribution is 2.52. The molecule has 0 heterocycles. The van der Waals surface area contributed by atoms with E-state index in [1.807, 2.05) is 6.07 Å². The second-order valence-electron chi connectivity index (χ2n) is 5.78. The summed E-state index contributed by atoms with van der Waals surface area (Å²) in [6.45, 7) is 0. The molecule has 1 atom stereocenters. The van der Waals surface area contributed by atoms with Gasteiger partial charge < -0.3 is 5.32 Å². The van der Waals surface area contributed by atoms with Crippen LogP contribution in [0.15, 0.2) is 18.2 Å². The van der Waals surface area contributed by atoms with Crippen molar-refractivity contribution in [1.29, 1.82) is 0 Å². The number of benzene rings is 1. The zero-order valence-corrected chi connectivity index (χ0v) is 13.4. The van der Waals surface area contributed by atoms with Gasteiger partial charge in [-0.15, -0.1) is 0 Å². The van der Waals surface area contributed by atoms with Crippen molar-refractivity contribution < 1.29 is 0 Å². The number of anilines is 1. The highest BCUT2D eigenvalue weighted by atomic mass is 127. The molecule has 1 spiro atoms. The van der Waals surface area contributed by atoms with E-state index >= 15 is 0 Å². The summed E-state index contributed by atoms with van der Waals surface area (Å²) in [5, 5.41) is 4.56. The molecule has 1 nitrogen and oxygen atoms in total. The van der Waals surface area contributed by atoms with Gasteiger partial charge in [0.1, 0.15) is 0 Å². The molecule has 0 saturated heterocycles. The number of hydrogen-bond acceptors (Lipinski definition) is 1. The van der Waals surface area contributed by atoms with Gasteiger partial charge in [-0.1, -0.05) is 30.9 Å². The largest absolute Gasteiger partial charge is 0.381 e. The first-order chi connectivity index (χ1) is 8.70. The maximum Gasteiger partial charge on any atom is 0.0648 e. The van der Waals surface area contributed by atoms with Gasteiger partial charge in [0, 0.05) is 9.61 Å². The van der Waals surface area contributed by atoms with Crippen LogP contribution in [-0.4, -0.2) is 6.04 Å². The summed E-state index contributed by atoms with van der Waals surface area (Å²) in [7, 11) is 0. The van der Waals surface area contributed by atoms with Gasteiger partial charge in [-0.3, -0.25) is 0 Å². The van der Waals surface area contributed by atoms with E-state index in [-0.39, 0.29) is 0 Å². The lowest BCUT2D eigenvalue weighted by molar-refractivity contribution is 0.0571. The molecule has 98 valence electrons. The van der Waals surface area contributed by atoms with Crippen molar-refractivity contribution in [3.8, 4) is 0 Å². The second kappa shape index (κ2) is 5.20. The molecule has 2 fully saturated rings. The second-order valence-corrected chi connectivity index (χ2v) is 7.44. The van der Waals surface area contributed by atoms with E-state index in [4.69, 9.17) is 11.6 Å². The summed E-state index contributed by atoms with van der Waals surface area (Å²) in [6.07, 6.45) is 9.80. The van der Waals surface area contributed by atoms with Crippen LogP contribution in [0.5, 0.6) is 0 Å². The van der Waals surface area contributed by atoms with Crippen molar-refractivity contribution in [2.75, 3.05) is 5.32 Å². The predicted molar refractivity (Wildman–Crippen MR) is 86.3 cm³/mol. The lowest BCUT2D eigenvalue weighted by atomic mass is 9.57. The quantitative estimate of drug-likeness (QED) is 0.676. The maximum absolute atomic E-state index is 6.31. The molecular weight excluding hydrogens is 357 g/mol. The molecule has 1 aromatic rings. The first-order valence-electron chi connectivity index (χ1n) is 6.91. The molecule has 2 saturated carbocycles. The van der Waals surface area contributed by atoms with Crippen LogP contribution < -0.4 is 5.32 Å². The molecule has 1 unspecified atom stereocenters. The van der Waals surface area contributed by atoms with Crippen molar-refractivity contribution in [3.05, 3.63) is 26.8 Å². The van der Waals surface area contributed by atoms with Crippen LogP contribution in [-0.2, 0) is 0 Å². The Kier molecular flexibility index (Phi) is 3.77. The van der Waals surface area contributed by atoms with Crippen molar-refractivity contribution in [3.63, 3.8) is 0 Å². The van der Waals surface area contributed by atoms with Crippen LogP contribution in [0, 0.1) is 8.99 Å². The molecule has 0 aliphatic heterocycles. The Hall–Kier alpha value is 0.0400. The van der Waals surface area contributed by atoms with Gasteiger partial charge in [-0.05, 0) is 71.9 Å². The van der Waals surface area contributed by atoms with Crippen LogP contribution in [0.25, 0.3) is 0 Å². The van der Waals surface area contributed by atoms with Crippen LogP contribution in [0.3, 0.4) is 0 Å². The van der Waals surface area contributed by atoms with Crippen LogP contribution in [0.4, 0.5) is 5.69 Å². The fourth-order valence-corrected chi connectivity index (χ4v) is 4.48. The van der Waals surface area contributed by atoms with E-state index in [0.717, 1.165) is 10.7 Å². The Morgan fingerprint density at radius 2 is 1.94 bits per heavy atom. The minimum absolute atomic E-state index is 0.588. The van der Waals surface area contributed by atoms with Crippen molar-refractivity contribution >= 4 is 39.9 Å². The Morgan fingerprint density at radius 1 is 1.17 bits per heavy atom. The Labute approximate surface area is 128 Å². The number of rotatable bonds is 2. The van der Waals surface area contributed by atoms with Gasteiger partial charge in [0.05, 0.1) is 10.7 Å². The first-order valence-corrected chi connectivity index (χ1v) is 8.37. The summed E-state index contributed by atoms with van der Waals surface area (Å²) in [5.41, 5.74) is 1.71. The van der Waals surface area contributed by atoms with Crippen LogP contribution in [0.1, 0.15) is 44.9 Å². The molecule has 0 radical (unpaired) electrons. The Bertz CT molecular complexity index is 440. The minimum Gasteiger partial charge on any atom is -0.381 e. The summed E-state index contributed by atoms with van der Waals surface area (Å²) in [5.74, 6) is 0. The van der Waals surface area contributed by atoms with Gasteiger partial charge in [0.25, 0.3) is 0 Å². The molecule has 1 N–H and O–H groups in total. The molecular formula is C15H19ClIN.